The maximum absolute atomic E-state index is 12.1. The number of benzene rings is 1. The van der Waals surface area contributed by atoms with Crippen molar-refractivity contribution in [3.8, 4) is 5.75 Å². The van der Waals surface area contributed by atoms with Gasteiger partial charge in [0.15, 0.2) is 0 Å². The zero-order valence-corrected chi connectivity index (χ0v) is 14.7. The molecule has 1 aromatic carbocycles. The average molecular weight is 356 g/mol. The van der Waals surface area contributed by atoms with Crippen LogP contribution in [0.4, 0.5) is 0 Å². The first-order valence-corrected chi connectivity index (χ1v) is 9.66. The largest absolute Gasteiger partial charge is 0.494 e. The fraction of sp³-hybridized carbons (Fsp3) is 0.562. The van der Waals surface area contributed by atoms with Crippen LogP contribution in [-0.4, -0.2) is 63.8 Å². The zero-order valence-electron chi connectivity index (χ0n) is 13.9. The van der Waals surface area contributed by atoms with Crippen molar-refractivity contribution in [2.45, 2.75) is 13.3 Å². The molecule has 24 heavy (non-hydrogen) atoms. The zero-order chi connectivity index (χ0) is 17.4. The van der Waals surface area contributed by atoms with Gasteiger partial charge in [-0.25, -0.2) is 8.42 Å². The molecule has 0 unspecified atom stereocenters. The molecule has 1 aliphatic heterocycles. The monoisotopic (exact) mass is 356 g/mol. The van der Waals surface area contributed by atoms with Crippen molar-refractivity contribution in [2.24, 2.45) is 0 Å². The lowest BCUT2D eigenvalue weighted by atomic mass is 10.1. The second-order valence-corrected chi connectivity index (χ2v) is 7.52. The van der Waals surface area contributed by atoms with Crippen molar-refractivity contribution in [1.82, 2.24) is 9.62 Å². The van der Waals surface area contributed by atoms with Gasteiger partial charge in [-0.1, -0.05) is 12.1 Å². The maximum atomic E-state index is 12.1. The van der Waals surface area contributed by atoms with E-state index in [9.17, 15) is 13.2 Å². The van der Waals surface area contributed by atoms with Crippen molar-refractivity contribution < 1.29 is 22.7 Å². The summed E-state index contributed by atoms with van der Waals surface area (Å²) < 4.78 is 36.2. The first-order valence-electron chi connectivity index (χ1n) is 8.05. The smallest absolute Gasteiger partial charge is 0.224 e. The molecular formula is C16H24N2O5S. The van der Waals surface area contributed by atoms with Crippen LogP contribution in [0.3, 0.4) is 0 Å². The highest BCUT2D eigenvalue weighted by molar-refractivity contribution is 7.89. The van der Waals surface area contributed by atoms with Crippen LogP contribution in [0, 0.1) is 0 Å². The van der Waals surface area contributed by atoms with Gasteiger partial charge in [-0.2, -0.15) is 4.31 Å². The minimum absolute atomic E-state index is 0.0952. The summed E-state index contributed by atoms with van der Waals surface area (Å²) >= 11 is 0. The lowest BCUT2D eigenvalue weighted by Gasteiger charge is -2.26. The molecule has 1 aliphatic rings. The van der Waals surface area contributed by atoms with Crippen LogP contribution in [0.15, 0.2) is 24.3 Å². The second kappa shape index (κ2) is 9.00. The summed E-state index contributed by atoms with van der Waals surface area (Å²) in [4.78, 5) is 11.9. The van der Waals surface area contributed by atoms with E-state index >= 15 is 0 Å². The number of carbonyl (C=O) groups excluding carboxylic acids is 1. The van der Waals surface area contributed by atoms with E-state index in [2.05, 4.69) is 5.32 Å². The highest BCUT2D eigenvalue weighted by atomic mass is 32.2. The van der Waals surface area contributed by atoms with Gasteiger partial charge in [0.1, 0.15) is 5.75 Å². The first-order chi connectivity index (χ1) is 11.5. The van der Waals surface area contributed by atoms with Crippen LogP contribution < -0.4 is 10.1 Å². The molecule has 0 radical (unpaired) electrons. The summed E-state index contributed by atoms with van der Waals surface area (Å²) in [5, 5.41) is 2.66. The van der Waals surface area contributed by atoms with Gasteiger partial charge in [-0.15, -0.1) is 0 Å². The molecule has 0 spiro atoms. The molecule has 1 heterocycles. The van der Waals surface area contributed by atoms with Crippen molar-refractivity contribution >= 4 is 15.9 Å². The van der Waals surface area contributed by atoms with Gasteiger partial charge in [0.05, 0.1) is 32.0 Å². The third-order valence-corrected chi connectivity index (χ3v) is 5.52. The SMILES string of the molecule is CCOc1ccc(CC(=O)NCCS(=O)(=O)N2CCOCC2)cc1. The van der Waals surface area contributed by atoms with Gasteiger partial charge in [0.2, 0.25) is 15.9 Å². The molecular weight excluding hydrogens is 332 g/mol. The van der Waals surface area contributed by atoms with E-state index in [1.807, 2.05) is 31.2 Å². The van der Waals surface area contributed by atoms with Crippen LogP contribution in [0.2, 0.25) is 0 Å². The van der Waals surface area contributed by atoms with Crippen molar-refractivity contribution in [1.29, 1.82) is 0 Å². The minimum Gasteiger partial charge on any atom is -0.494 e. The van der Waals surface area contributed by atoms with Crippen LogP contribution in [-0.2, 0) is 26.0 Å². The predicted octanol–water partition coefficient (Wildman–Crippen LogP) is 0.406. The molecule has 1 aromatic rings. The molecule has 0 saturated carbocycles. The summed E-state index contributed by atoms with van der Waals surface area (Å²) in [5.41, 5.74) is 0.854. The van der Waals surface area contributed by atoms with Gasteiger partial charge in [0.25, 0.3) is 0 Å². The highest BCUT2D eigenvalue weighted by Crippen LogP contribution is 2.12. The van der Waals surface area contributed by atoms with E-state index < -0.39 is 10.0 Å². The summed E-state index contributed by atoms with van der Waals surface area (Å²) in [6, 6.07) is 7.29. The Morgan fingerprint density at radius 3 is 2.54 bits per heavy atom. The molecule has 1 fully saturated rings. The summed E-state index contributed by atoms with van der Waals surface area (Å²) in [5.74, 6) is 0.469. The third-order valence-electron chi connectivity index (χ3n) is 3.64. The fourth-order valence-electron chi connectivity index (χ4n) is 2.39. The Labute approximate surface area is 143 Å². The fourth-order valence-corrected chi connectivity index (χ4v) is 3.72. The van der Waals surface area contributed by atoms with Crippen molar-refractivity contribution in [2.75, 3.05) is 45.2 Å². The van der Waals surface area contributed by atoms with E-state index in [0.29, 0.717) is 32.9 Å². The van der Waals surface area contributed by atoms with E-state index in [1.165, 1.54) is 4.31 Å². The number of rotatable bonds is 8. The molecule has 0 aliphatic carbocycles. The van der Waals surface area contributed by atoms with Crippen molar-refractivity contribution in [3.05, 3.63) is 29.8 Å². The Kier molecular flexibility index (Phi) is 7.01. The molecule has 1 N–H and O–H groups in total. The number of amides is 1. The number of hydrogen-bond donors (Lipinski definition) is 1. The van der Waals surface area contributed by atoms with Crippen LogP contribution >= 0.6 is 0 Å². The molecule has 0 atom stereocenters. The molecule has 8 heteroatoms. The maximum Gasteiger partial charge on any atom is 0.224 e. The summed E-state index contributed by atoms with van der Waals surface area (Å²) in [6.45, 7) is 4.21. The Bertz CT molecular complexity index is 624. The predicted molar refractivity (Wildman–Crippen MR) is 90.5 cm³/mol. The number of ether oxygens (including phenoxy) is 2. The average Bonchev–Trinajstić information content (AvgIpc) is 2.57. The Hall–Kier alpha value is -1.64. The number of morpholine rings is 1. The molecule has 1 amide bonds. The molecule has 1 saturated heterocycles. The minimum atomic E-state index is -3.34. The Morgan fingerprint density at radius 2 is 1.92 bits per heavy atom. The summed E-state index contributed by atoms with van der Waals surface area (Å²) in [6.07, 6.45) is 0.212. The van der Waals surface area contributed by atoms with Crippen LogP contribution in [0.25, 0.3) is 0 Å². The topological polar surface area (TPSA) is 84.9 Å². The van der Waals surface area contributed by atoms with Gasteiger partial charge >= 0.3 is 0 Å². The van der Waals surface area contributed by atoms with Crippen LogP contribution in [0.5, 0.6) is 5.75 Å². The quantitative estimate of drug-likeness (QED) is 0.729. The van der Waals surface area contributed by atoms with Gasteiger partial charge in [-0.3, -0.25) is 4.79 Å². The molecule has 0 aromatic heterocycles. The second-order valence-electron chi connectivity index (χ2n) is 5.43. The normalized spacial score (nSPS) is 15.9. The van der Waals surface area contributed by atoms with Gasteiger partial charge < -0.3 is 14.8 Å². The van der Waals surface area contributed by atoms with E-state index in [4.69, 9.17) is 9.47 Å². The Balaban J connectivity index is 1.74. The number of sulfonamides is 1. The van der Waals surface area contributed by atoms with Gasteiger partial charge in [0, 0.05) is 19.6 Å². The first kappa shape index (κ1) is 18.7. The number of hydrogen-bond acceptors (Lipinski definition) is 5. The standard InChI is InChI=1S/C16H24N2O5S/c1-2-23-15-5-3-14(4-6-15)13-16(19)17-7-12-24(20,21)18-8-10-22-11-9-18/h3-6H,2,7-13H2,1H3,(H,17,19). The Morgan fingerprint density at radius 1 is 1.25 bits per heavy atom. The number of carbonyl (C=O) groups is 1. The van der Waals surface area contributed by atoms with E-state index in [0.717, 1.165) is 11.3 Å². The molecule has 7 nitrogen and oxygen atoms in total. The van der Waals surface area contributed by atoms with E-state index in [-0.39, 0.29) is 24.6 Å². The van der Waals surface area contributed by atoms with Gasteiger partial charge in [-0.05, 0) is 24.6 Å². The third kappa shape index (κ3) is 5.77. The highest BCUT2D eigenvalue weighted by Gasteiger charge is 2.23. The van der Waals surface area contributed by atoms with Crippen LogP contribution in [0.1, 0.15) is 12.5 Å². The van der Waals surface area contributed by atoms with E-state index in [1.54, 1.807) is 0 Å². The van der Waals surface area contributed by atoms with Crippen molar-refractivity contribution in [3.63, 3.8) is 0 Å². The molecule has 0 bridgehead atoms. The molecule has 2 rings (SSSR count). The number of nitrogens with one attached hydrogen (secondary N) is 1. The molecule has 134 valence electrons. The lowest BCUT2D eigenvalue weighted by molar-refractivity contribution is -0.120. The lowest BCUT2D eigenvalue weighted by Crippen LogP contribution is -2.43. The summed E-state index contributed by atoms with van der Waals surface area (Å²) in [7, 11) is -3.34. The number of nitrogens with zero attached hydrogens (tertiary/aromatic N) is 1.